The van der Waals surface area contributed by atoms with Crippen molar-refractivity contribution in [2.75, 3.05) is 5.43 Å². The highest BCUT2D eigenvalue weighted by Gasteiger charge is 2.32. The molecule has 18 heavy (non-hydrogen) atoms. The summed E-state index contributed by atoms with van der Waals surface area (Å²) < 4.78 is 43.4. The van der Waals surface area contributed by atoms with E-state index in [1.54, 1.807) is 13.8 Å². The Bertz CT molecular complexity index is 418. The average molecular weight is 263 g/mol. The molecule has 0 radical (unpaired) electrons. The number of ether oxygens (including phenoxy) is 1. The zero-order chi connectivity index (χ0) is 14.0. The van der Waals surface area contributed by atoms with E-state index in [-0.39, 0.29) is 11.7 Å². The van der Waals surface area contributed by atoms with Gasteiger partial charge in [-0.05, 0) is 26.3 Å². The minimum atomic E-state index is -4.47. The van der Waals surface area contributed by atoms with Crippen LogP contribution in [0.4, 0.5) is 19.0 Å². The molecule has 0 spiro atoms. The molecule has 1 aromatic rings. The molecule has 0 saturated carbocycles. The second-order valence-electron chi connectivity index (χ2n) is 4.44. The summed E-state index contributed by atoms with van der Waals surface area (Å²) in [5.41, 5.74) is 0.644. The van der Waals surface area contributed by atoms with Gasteiger partial charge < -0.3 is 10.2 Å². The van der Waals surface area contributed by atoms with Gasteiger partial charge in [0.1, 0.15) is 11.4 Å². The summed E-state index contributed by atoms with van der Waals surface area (Å²) in [5.74, 6) is 4.89. The van der Waals surface area contributed by atoms with E-state index in [2.05, 4.69) is 10.4 Å². The van der Waals surface area contributed by atoms with Crippen LogP contribution in [0, 0.1) is 0 Å². The van der Waals surface area contributed by atoms with Gasteiger partial charge in [-0.1, -0.05) is 6.92 Å². The fourth-order valence-corrected chi connectivity index (χ4v) is 1.15. The molecule has 3 N–H and O–H groups in total. The molecular formula is C11H16F3N3O. The summed E-state index contributed by atoms with van der Waals surface area (Å²) >= 11 is 0. The van der Waals surface area contributed by atoms with Gasteiger partial charge in [-0.2, -0.15) is 18.2 Å². The summed E-state index contributed by atoms with van der Waals surface area (Å²) in [5, 5.41) is 0. The van der Waals surface area contributed by atoms with Gasteiger partial charge in [0.05, 0.1) is 5.56 Å². The molecule has 1 rings (SSSR count). The Hall–Kier alpha value is -1.50. The monoisotopic (exact) mass is 263 g/mol. The molecule has 0 aliphatic carbocycles. The van der Waals surface area contributed by atoms with Crippen LogP contribution in [0.5, 0.6) is 5.88 Å². The third-order valence-corrected chi connectivity index (χ3v) is 2.51. The predicted molar refractivity (Wildman–Crippen MR) is 62.0 cm³/mol. The zero-order valence-corrected chi connectivity index (χ0v) is 10.4. The average Bonchev–Trinajstić information content (AvgIpc) is 2.27. The predicted octanol–water partition coefficient (Wildman–Crippen LogP) is 2.95. The highest BCUT2D eigenvalue weighted by atomic mass is 19.4. The Morgan fingerprint density at radius 3 is 2.39 bits per heavy atom. The molecule has 0 atom stereocenters. The van der Waals surface area contributed by atoms with Crippen LogP contribution in [0.15, 0.2) is 12.1 Å². The van der Waals surface area contributed by atoms with Crippen molar-refractivity contribution < 1.29 is 17.9 Å². The lowest BCUT2D eigenvalue weighted by Crippen LogP contribution is -2.27. The quantitative estimate of drug-likeness (QED) is 0.647. The lowest BCUT2D eigenvalue weighted by molar-refractivity contribution is -0.137. The number of hydrogen-bond acceptors (Lipinski definition) is 4. The Morgan fingerprint density at radius 2 is 1.94 bits per heavy atom. The number of halogens is 3. The SMILES string of the molecule is CCC(C)(C)Oc1cc(C(F)(F)F)cc(NN)n1. The van der Waals surface area contributed by atoms with Crippen LogP contribution in [-0.2, 0) is 6.18 Å². The number of anilines is 1. The second-order valence-corrected chi connectivity index (χ2v) is 4.44. The first-order valence-corrected chi connectivity index (χ1v) is 5.43. The Balaban J connectivity index is 3.13. The largest absolute Gasteiger partial charge is 0.472 e. The maximum Gasteiger partial charge on any atom is 0.416 e. The molecule has 0 fully saturated rings. The van der Waals surface area contributed by atoms with Crippen LogP contribution in [0.1, 0.15) is 32.8 Å². The molecule has 1 aromatic heterocycles. The van der Waals surface area contributed by atoms with Crippen LogP contribution in [-0.4, -0.2) is 10.6 Å². The molecule has 0 aliphatic rings. The smallest absolute Gasteiger partial charge is 0.416 e. The van der Waals surface area contributed by atoms with Crippen molar-refractivity contribution in [1.29, 1.82) is 0 Å². The highest BCUT2D eigenvalue weighted by Crippen LogP contribution is 2.33. The molecule has 0 aliphatic heterocycles. The van der Waals surface area contributed by atoms with E-state index >= 15 is 0 Å². The van der Waals surface area contributed by atoms with E-state index in [1.807, 2.05) is 6.92 Å². The Kier molecular flexibility index (Phi) is 4.05. The molecule has 0 saturated heterocycles. The van der Waals surface area contributed by atoms with E-state index in [0.29, 0.717) is 6.42 Å². The number of hydrazine groups is 1. The van der Waals surface area contributed by atoms with E-state index in [9.17, 15) is 13.2 Å². The van der Waals surface area contributed by atoms with Crippen LogP contribution in [0.2, 0.25) is 0 Å². The van der Waals surface area contributed by atoms with Crippen molar-refractivity contribution in [3.05, 3.63) is 17.7 Å². The molecule has 0 bridgehead atoms. The number of aromatic nitrogens is 1. The Labute approximate surface area is 103 Å². The first kappa shape index (κ1) is 14.6. The summed E-state index contributed by atoms with van der Waals surface area (Å²) in [6.07, 6.45) is -3.83. The maximum absolute atomic E-state index is 12.6. The van der Waals surface area contributed by atoms with Crippen molar-refractivity contribution in [3.63, 3.8) is 0 Å². The van der Waals surface area contributed by atoms with Gasteiger partial charge >= 0.3 is 6.18 Å². The number of hydrogen-bond donors (Lipinski definition) is 2. The fraction of sp³-hybridized carbons (Fsp3) is 0.545. The second kappa shape index (κ2) is 5.01. The van der Waals surface area contributed by atoms with Gasteiger partial charge in [-0.25, -0.2) is 5.84 Å². The number of nitrogens with two attached hydrogens (primary N) is 1. The molecule has 1 heterocycles. The third kappa shape index (κ3) is 3.76. The van der Waals surface area contributed by atoms with Crippen LogP contribution >= 0.6 is 0 Å². The van der Waals surface area contributed by atoms with E-state index in [1.165, 1.54) is 0 Å². The number of pyridine rings is 1. The molecule has 102 valence electrons. The van der Waals surface area contributed by atoms with Gasteiger partial charge in [-0.3, -0.25) is 0 Å². The summed E-state index contributed by atoms with van der Waals surface area (Å²) in [7, 11) is 0. The summed E-state index contributed by atoms with van der Waals surface area (Å²) in [4.78, 5) is 3.84. The molecule has 4 nitrogen and oxygen atoms in total. The summed E-state index contributed by atoms with van der Waals surface area (Å²) in [6.45, 7) is 5.41. The van der Waals surface area contributed by atoms with Crippen LogP contribution in [0.3, 0.4) is 0 Å². The molecule has 7 heteroatoms. The molecular weight excluding hydrogens is 247 g/mol. The van der Waals surface area contributed by atoms with Crippen LogP contribution < -0.4 is 16.0 Å². The maximum atomic E-state index is 12.6. The topological polar surface area (TPSA) is 60.2 Å². The van der Waals surface area contributed by atoms with Gasteiger partial charge in [0.25, 0.3) is 0 Å². The van der Waals surface area contributed by atoms with Crippen molar-refractivity contribution in [2.24, 2.45) is 5.84 Å². The molecule has 0 aromatic carbocycles. The first-order chi connectivity index (χ1) is 8.18. The number of rotatable bonds is 4. The van der Waals surface area contributed by atoms with E-state index in [0.717, 1.165) is 12.1 Å². The third-order valence-electron chi connectivity index (χ3n) is 2.51. The number of nitrogens with zero attached hydrogens (tertiary/aromatic N) is 1. The first-order valence-electron chi connectivity index (χ1n) is 5.43. The standard InChI is InChI=1S/C11H16F3N3O/c1-4-10(2,3)18-9-6-7(11(12,13)14)5-8(16-9)17-15/h5-6H,4,15H2,1-3H3,(H,16,17). The van der Waals surface area contributed by atoms with Gasteiger partial charge in [-0.15, -0.1) is 0 Å². The lowest BCUT2D eigenvalue weighted by atomic mass is 10.1. The molecule has 0 amide bonds. The van der Waals surface area contributed by atoms with Crippen molar-refractivity contribution in [1.82, 2.24) is 4.98 Å². The minimum absolute atomic E-state index is 0.0910. The van der Waals surface area contributed by atoms with Crippen LogP contribution in [0.25, 0.3) is 0 Å². The minimum Gasteiger partial charge on any atom is -0.472 e. The van der Waals surface area contributed by atoms with Gasteiger partial charge in [0, 0.05) is 6.07 Å². The highest BCUT2D eigenvalue weighted by molar-refractivity contribution is 5.41. The van der Waals surface area contributed by atoms with Crippen molar-refractivity contribution >= 4 is 5.82 Å². The number of nitrogen functional groups attached to an aromatic ring is 1. The Morgan fingerprint density at radius 1 is 1.33 bits per heavy atom. The lowest BCUT2D eigenvalue weighted by Gasteiger charge is -2.24. The zero-order valence-electron chi connectivity index (χ0n) is 10.4. The van der Waals surface area contributed by atoms with Crippen molar-refractivity contribution in [3.8, 4) is 5.88 Å². The van der Waals surface area contributed by atoms with Crippen molar-refractivity contribution in [2.45, 2.75) is 39.0 Å². The fourth-order valence-electron chi connectivity index (χ4n) is 1.15. The number of nitrogens with one attached hydrogen (secondary N) is 1. The molecule has 0 unspecified atom stereocenters. The van der Waals surface area contributed by atoms with Gasteiger partial charge in [0.15, 0.2) is 0 Å². The van der Waals surface area contributed by atoms with Gasteiger partial charge in [0.2, 0.25) is 5.88 Å². The van der Waals surface area contributed by atoms with E-state index in [4.69, 9.17) is 10.6 Å². The normalized spacial score (nSPS) is 12.4. The number of alkyl halides is 3. The van der Waals surface area contributed by atoms with E-state index < -0.39 is 17.3 Å². The summed E-state index contributed by atoms with van der Waals surface area (Å²) in [6, 6.07) is 1.68.